The molecule has 2 rings (SSSR count). The second kappa shape index (κ2) is 5.74. The highest BCUT2D eigenvalue weighted by Gasteiger charge is 2.13. The second-order valence-corrected chi connectivity index (χ2v) is 4.93. The molecule has 4 nitrogen and oxygen atoms in total. The van der Waals surface area contributed by atoms with Crippen LogP contribution in [-0.2, 0) is 6.54 Å². The fourth-order valence-electron chi connectivity index (χ4n) is 2.32. The molecule has 1 N–H and O–H groups in total. The smallest absolute Gasteiger partial charge is 0.274 e. The minimum absolute atomic E-state index is 0.150. The average Bonchev–Trinajstić information content (AvgIpc) is 2.39. The summed E-state index contributed by atoms with van der Waals surface area (Å²) in [5, 5.41) is 14.2. The van der Waals surface area contributed by atoms with E-state index in [0.29, 0.717) is 12.1 Å². The van der Waals surface area contributed by atoms with E-state index in [9.17, 15) is 10.1 Å². The van der Waals surface area contributed by atoms with Gasteiger partial charge in [-0.05, 0) is 43.5 Å². The van der Waals surface area contributed by atoms with E-state index in [4.69, 9.17) is 0 Å². The molecule has 4 heteroatoms. The Bertz CT molecular complexity index is 631. The number of anilines is 1. The summed E-state index contributed by atoms with van der Waals surface area (Å²) < 4.78 is 0. The van der Waals surface area contributed by atoms with Gasteiger partial charge in [-0.3, -0.25) is 10.1 Å². The highest BCUT2D eigenvalue weighted by Crippen LogP contribution is 2.26. The Labute approximate surface area is 118 Å². The Morgan fingerprint density at radius 2 is 1.65 bits per heavy atom. The van der Waals surface area contributed by atoms with Gasteiger partial charge in [-0.15, -0.1) is 0 Å². The molecule has 2 aromatic carbocycles. The molecule has 0 aromatic heterocycles. The van der Waals surface area contributed by atoms with Gasteiger partial charge in [0.15, 0.2) is 0 Å². The lowest BCUT2D eigenvalue weighted by atomic mass is 10.0. The zero-order chi connectivity index (χ0) is 14.7. The number of rotatable bonds is 4. The number of nitro benzene ring substituents is 1. The summed E-state index contributed by atoms with van der Waals surface area (Å²) in [7, 11) is 0. The van der Waals surface area contributed by atoms with Crippen molar-refractivity contribution in [1.82, 2.24) is 0 Å². The lowest BCUT2D eigenvalue weighted by Crippen LogP contribution is -2.05. The molecule has 20 heavy (non-hydrogen) atoms. The van der Waals surface area contributed by atoms with Gasteiger partial charge >= 0.3 is 0 Å². The van der Waals surface area contributed by atoms with Gasteiger partial charge in [-0.25, -0.2) is 0 Å². The molecule has 0 saturated heterocycles. The summed E-state index contributed by atoms with van der Waals surface area (Å²) in [6, 6.07) is 11.3. The van der Waals surface area contributed by atoms with E-state index < -0.39 is 0 Å². The van der Waals surface area contributed by atoms with Gasteiger partial charge < -0.3 is 5.32 Å². The van der Waals surface area contributed by atoms with Crippen molar-refractivity contribution < 1.29 is 4.92 Å². The van der Waals surface area contributed by atoms with Gasteiger partial charge in [0.05, 0.1) is 4.92 Å². The van der Waals surface area contributed by atoms with Crippen LogP contribution in [0.15, 0.2) is 36.4 Å². The van der Waals surface area contributed by atoms with Crippen LogP contribution in [0.4, 0.5) is 11.4 Å². The Hall–Kier alpha value is -2.36. The summed E-state index contributed by atoms with van der Waals surface area (Å²) in [5.74, 6) is 0. The Balaban J connectivity index is 2.24. The van der Waals surface area contributed by atoms with E-state index in [1.165, 1.54) is 22.8 Å². The highest BCUT2D eigenvalue weighted by molar-refractivity contribution is 5.60. The molecule has 0 atom stereocenters. The number of nitrogens with one attached hydrogen (secondary N) is 1. The Morgan fingerprint density at radius 3 is 2.25 bits per heavy atom. The highest BCUT2D eigenvalue weighted by atomic mass is 16.6. The van der Waals surface area contributed by atoms with Gasteiger partial charge in [0, 0.05) is 23.9 Å². The normalized spacial score (nSPS) is 10.3. The summed E-state index contributed by atoms with van der Waals surface area (Å²) in [6.45, 7) is 6.58. The molecular formula is C16H18N2O2. The zero-order valence-electron chi connectivity index (χ0n) is 11.9. The number of hydrogen-bond donors (Lipinski definition) is 1. The average molecular weight is 270 g/mol. The molecule has 0 saturated carbocycles. The first-order chi connectivity index (χ1) is 9.50. The van der Waals surface area contributed by atoms with Crippen molar-refractivity contribution in [2.24, 2.45) is 0 Å². The molecule has 0 aliphatic heterocycles. The maximum absolute atomic E-state index is 10.9. The van der Waals surface area contributed by atoms with Gasteiger partial charge in [-0.1, -0.05) is 24.3 Å². The van der Waals surface area contributed by atoms with E-state index in [1.807, 2.05) is 12.1 Å². The summed E-state index contributed by atoms with van der Waals surface area (Å²) >= 11 is 0. The lowest BCUT2D eigenvalue weighted by Gasteiger charge is -2.13. The van der Waals surface area contributed by atoms with Crippen molar-refractivity contribution in [1.29, 1.82) is 0 Å². The van der Waals surface area contributed by atoms with Crippen LogP contribution in [0.3, 0.4) is 0 Å². The lowest BCUT2D eigenvalue weighted by molar-refractivity contribution is -0.385. The Kier molecular flexibility index (Phi) is 4.03. The maximum Gasteiger partial charge on any atom is 0.274 e. The van der Waals surface area contributed by atoms with Crippen LogP contribution in [0, 0.1) is 30.9 Å². The van der Waals surface area contributed by atoms with E-state index in [0.717, 1.165) is 5.69 Å². The molecule has 0 fully saturated rings. The first kappa shape index (κ1) is 14.1. The molecule has 0 aliphatic rings. The summed E-state index contributed by atoms with van der Waals surface area (Å²) in [5.41, 5.74) is 5.31. The van der Waals surface area contributed by atoms with Crippen LogP contribution in [0.25, 0.3) is 0 Å². The van der Waals surface area contributed by atoms with Crippen molar-refractivity contribution in [2.45, 2.75) is 27.3 Å². The topological polar surface area (TPSA) is 55.2 Å². The fourth-order valence-corrected chi connectivity index (χ4v) is 2.32. The molecule has 0 spiro atoms. The third kappa shape index (κ3) is 2.79. The predicted molar refractivity (Wildman–Crippen MR) is 81.1 cm³/mol. The second-order valence-electron chi connectivity index (χ2n) is 4.93. The summed E-state index contributed by atoms with van der Waals surface area (Å²) in [4.78, 5) is 10.6. The maximum atomic E-state index is 10.9. The van der Waals surface area contributed by atoms with E-state index in [-0.39, 0.29) is 10.6 Å². The number of nitro groups is 1. The van der Waals surface area contributed by atoms with Crippen LogP contribution < -0.4 is 5.32 Å². The van der Waals surface area contributed by atoms with Crippen LogP contribution in [0.1, 0.15) is 22.3 Å². The van der Waals surface area contributed by atoms with Gasteiger partial charge in [0.2, 0.25) is 0 Å². The monoisotopic (exact) mass is 270 g/mol. The first-order valence-electron chi connectivity index (χ1n) is 6.53. The number of benzene rings is 2. The first-order valence-corrected chi connectivity index (χ1v) is 6.53. The van der Waals surface area contributed by atoms with E-state index in [2.05, 4.69) is 31.3 Å². The molecular weight excluding hydrogens is 252 g/mol. The molecule has 0 radical (unpaired) electrons. The van der Waals surface area contributed by atoms with Gasteiger partial charge in [0.1, 0.15) is 0 Å². The molecule has 0 amide bonds. The third-order valence-corrected chi connectivity index (χ3v) is 3.60. The van der Waals surface area contributed by atoms with Crippen molar-refractivity contribution in [3.8, 4) is 0 Å². The minimum Gasteiger partial charge on any atom is -0.381 e. The van der Waals surface area contributed by atoms with Crippen molar-refractivity contribution >= 4 is 11.4 Å². The van der Waals surface area contributed by atoms with Crippen molar-refractivity contribution in [3.63, 3.8) is 0 Å². The largest absolute Gasteiger partial charge is 0.381 e. The van der Waals surface area contributed by atoms with Crippen molar-refractivity contribution in [3.05, 3.63) is 68.8 Å². The molecule has 0 bridgehead atoms. The van der Waals surface area contributed by atoms with E-state index >= 15 is 0 Å². The SMILES string of the molecule is Cc1cccc(C)c1CNc1cccc([N+](=O)[O-])c1C. The third-order valence-electron chi connectivity index (χ3n) is 3.60. The zero-order valence-corrected chi connectivity index (χ0v) is 11.9. The molecule has 104 valence electrons. The van der Waals surface area contributed by atoms with Gasteiger partial charge in [0.25, 0.3) is 5.69 Å². The predicted octanol–water partition coefficient (Wildman–Crippen LogP) is 4.13. The summed E-state index contributed by atoms with van der Waals surface area (Å²) in [6.07, 6.45) is 0. The molecule has 2 aromatic rings. The fraction of sp³-hybridized carbons (Fsp3) is 0.250. The molecule has 0 aliphatic carbocycles. The standard InChI is InChI=1S/C16H18N2O2/c1-11-6-4-7-12(2)14(11)10-17-15-8-5-9-16(13(15)3)18(19)20/h4-9,17H,10H2,1-3H3. The van der Waals surface area contributed by atoms with Crippen molar-refractivity contribution in [2.75, 3.05) is 5.32 Å². The molecule has 0 unspecified atom stereocenters. The number of nitrogens with zero attached hydrogens (tertiary/aromatic N) is 1. The van der Waals surface area contributed by atoms with Crippen LogP contribution in [0.5, 0.6) is 0 Å². The van der Waals surface area contributed by atoms with E-state index in [1.54, 1.807) is 13.0 Å². The van der Waals surface area contributed by atoms with Crippen LogP contribution >= 0.6 is 0 Å². The van der Waals surface area contributed by atoms with Crippen LogP contribution in [0.2, 0.25) is 0 Å². The Morgan fingerprint density at radius 1 is 1.05 bits per heavy atom. The quantitative estimate of drug-likeness (QED) is 0.671. The van der Waals surface area contributed by atoms with Gasteiger partial charge in [-0.2, -0.15) is 0 Å². The number of hydrogen-bond acceptors (Lipinski definition) is 3. The molecule has 0 heterocycles. The van der Waals surface area contributed by atoms with Crippen LogP contribution in [-0.4, -0.2) is 4.92 Å². The number of aryl methyl sites for hydroxylation is 2. The minimum atomic E-state index is -0.348.